The van der Waals surface area contributed by atoms with Gasteiger partial charge in [0.25, 0.3) is 10.0 Å². The molecule has 8 heteroatoms. The van der Waals surface area contributed by atoms with Crippen molar-refractivity contribution in [2.75, 3.05) is 19.7 Å². The van der Waals surface area contributed by atoms with Crippen molar-refractivity contribution >= 4 is 21.6 Å². The summed E-state index contributed by atoms with van der Waals surface area (Å²) in [5, 5.41) is 0.715. The first-order valence-electron chi connectivity index (χ1n) is 7.25. The molecular weight excluding hydrogens is 338 g/mol. The first-order valence-corrected chi connectivity index (χ1v) is 9.07. The highest BCUT2D eigenvalue weighted by Gasteiger charge is 2.33. The number of rotatable bonds is 3. The van der Waals surface area contributed by atoms with Gasteiger partial charge in [-0.1, -0.05) is 23.7 Å². The van der Waals surface area contributed by atoms with Gasteiger partial charge < -0.3 is 9.30 Å². The van der Waals surface area contributed by atoms with Crippen molar-refractivity contribution in [3.63, 3.8) is 0 Å². The molecule has 1 aromatic carbocycles. The van der Waals surface area contributed by atoms with Gasteiger partial charge in [0, 0.05) is 31.4 Å². The predicted octanol–water partition coefficient (Wildman–Crippen LogP) is 2.14. The minimum atomic E-state index is -3.62. The van der Waals surface area contributed by atoms with E-state index in [1.54, 1.807) is 30.7 Å². The molecule has 6 nitrogen and oxygen atoms in total. The van der Waals surface area contributed by atoms with Crippen LogP contribution >= 0.6 is 11.6 Å². The van der Waals surface area contributed by atoms with E-state index in [9.17, 15) is 8.42 Å². The molecule has 0 spiro atoms. The van der Waals surface area contributed by atoms with Gasteiger partial charge in [0.2, 0.25) is 0 Å². The summed E-state index contributed by atoms with van der Waals surface area (Å²) in [6.45, 7) is 2.70. The maximum atomic E-state index is 12.8. The number of sulfonamides is 1. The van der Waals surface area contributed by atoms with Crippen LogP contribution in [0.2, 0.25) is 5.02 Å². The fourth-order valence-corrected chi connectivity index (χ4v) is 4.08. The fourth-order valence-electron chi connectivity index (χ4n) is 2.51. The Balaban J connectivity index is 1.84. The molecule has 1 saturated heterocycles. The smallest absolute Gasteiger partial charge is 0.262 e. The second-order valence-electron chi connectivity index (χ2n) is 5.51. The molecule has 3 rings (SSSR count). The van der Waals surface area contributed by atoms with Crippen molar-refractivity contribution in [3.8, 4) is 0 Å². The minimum absolute atomic E-state index is 0.0780. The van der Waals surface area contributed by atoms with Crippen molar-refractivity contribution in [1.82, 2.24) is 13.9 Å². The monoisotopic (exact) mass is 355 g/mol. The Bertz CT molecular complexity index is 782. The number of imidazole rings is 1. The van der Waals surface area contributed by atoms with Crippen LogP contribution in [0.4, 0.5) is 0 Å². The van der Waals surface area contributed by atoms with Crippen molar-refractivity contribution in [2.45, 2.75) is 18.1 Å². The molecule has 1 aromatic heterocycles. The molecule has 1 aliphatic heterocycles. The van der Waals surface area contributed by atoms with Crippen LogP contribution in [-0.2, 0) is 21.8 Å². The van der Waals surface area contributed by atoms with Gasteiger partial charge in [0.1, 0.15) is 5.82 Å². The fraction of sp³-hybridized carbons (Fsp3) is 0.400. The van der Waals surface area contributed by atoms with Gasteiger partial charge in [-0.2, -0.15) is 4.31 Å². The molecule has 0 saturated carbocycles. The number of hydrogen-bond donors (Lipinski definition) is 0. The van der Waals surface area contributed by atoms with Crippen molar-refractivity contribution in [2.24, 2.45) is 7.05 Å². The number of aryl methyl sites for hydroxylation is 2. The van der Waals surface area contributed by atoms with Crippen LogP contribution in [0.15, 0.2) is 35.5 Å². The molecule has 2 aromatic rings. The largest absolute Gasteiger partial charge is 0.371 e. The summed E-state index contributed by atoms with van der Waals surface area (Å²) in [7, 11) is -1.84. The van der Waals surface area contributed by atoms with E-state index < -0.39 is 10.0 Å². The van der Waals surface area contributed by atoms with E-state index in [4.69, 9.17) is 16.3 Å². The van der Waals surface area contributed by atoms with E-state index >= 15 is 0 Å². The average Bonchev–Trinajstić information content (AvgIpc) is 2.88. The van der Waals surface area contributed by atoms with E-state index in [1.807, 2.05) is 12.1 Å². The summed E-state index contributed by atoms with van der Waals surface area (Å²) in [5.41, 5.74) is 0.909. The molecule has 0 amide bonds. The Morgan fingerprint density at radius 1 is 1.30 bits per heavy atom. The van der Waals surface area contributed by atoms with Crippen molar-refractivity contribution < 1.29 is 13.2 Å². The second-order valence-corrected chi connectivity index (χ2v) is 7.83. The van der Waals surface area contributed by atoms with Crippen LogP contribution in [0, 0.1) is 6.92 Å². The van der Waals surface area contributed by atoms with Gasteiger partial charge in [-0.15, -0.1) is 0 Å². The Labute approximate surface area is 140 Å². The molecule has 0 N–H and O–H groups in total. The summed E-state index contributed by atoms with van der Waals surface area (Å²) >= 11 is 5.89. The van der Waals surface area contributed by atoms with Gasteiger partial charge in [-0.05, 0) is 24.6 Å². The SMILES string of the molecule is Cc1nc(S(=O)(=O)N2CCO[C@H](c3ccc(Cl)cc3)C2)cn1C. The quantitative estimate of drug-likeness (QED) is 0.846. The summed E-state index contributed by atoms with van der Waals surface area (Å²) in [5.74, 6) is 0.658. The summed E-state index contributed by atoms with van der Waals surface area (Å²) in [6.07, 6.45) is 1.23. The van der Waals surface area contributed by atoms with E-state index in [2.05, 4.69) is 4.98 Å². The van der Waals surface area contributed by atoms with Gasteiger partial charge in [-0.25, -0.2) is 13.4 Å². The van der Waals surface area contributed by atoms with Crippen molar-refractivity contribution in [3.05, 3.63) is 46.9 Å². The van der Waals surface area contributed by atoms with Gasteiger partial charge in [0.15, 0.2) is 5.03 Å². The zero-order valence-corrected chi connectivity index (χ0v) is 14.5. The Hall–Kier alpha value is -1.41. The van der Waals surface area contributed by atoms with Crippen LogP contribution in [0.5, 0.6) is 0 Å². The summed E-state index contributed by atoms with van der Waals surface area (Å²) in [4.78, 5) is 4.14. The number of ether oxygens (including phenoxy) is 1. The molecule has 0 aliphatic carbocycles. The number of hydrogen-bond acceptors (Lipinski definition) is 4. The molecule has 2 heterocycles. The molecule has 0 radical (unpaired) electrons. The van der Waals surface area contributed by atoms with Crippen molar-refractivity contribution in [1.29, 1.82) is 0 Å². The average molecular weight is 356 g/mol. The lowest BCUT2D eigenvalue weighted by molar-refractivity contribution is -0.00261. The molecular formula is C15H18ClN3O3S. The van der Waals surface area contributed by atoms with E-state index in [0.717, 1.165) is 5.56 Å². The third-order valence-electron chi connectivity index (χ3n) is 3.96. The number of halogens is 1. The lowest BCUT2D eigenvalue weighted by atomic mass is 10.1. The number of benzene rings is 1. The second kappa shape index (κ2) is 6.24. The molecule has 124 valence electrons. The Kier molecular flexibility index (Phi) is 4.46. The molecule has 1 aliphatic rings. The first-order chi connectivity index (χ1) is 10.9. The third-order valence-corrected chi connectivity index (χ3v) is 5.95. The molecule has 1 atom stereocenters. The predicted molar refractivity (Wildman–Crippen MR) is 86.8 cm³/mol. The lowest BCUT2D eigenvalue weighted by Gasteiger charge is -2.31. The molecule has 23 heavy (non-hydrogen) atoms. The van der Waals surface area contributed by atoms with Gasteiger partial charge in [0.05, 0.1) is 12.7 Å². The third kappa shape index (κ3) is 3.28. The zero-order valence-electron chi connectivity index (χ0n) is 12.9. The van der Waals surface area contributed by atoms with Crippen LogP contribution in [-0.4, -0.2) is 42.0 Å². The van der Waals surface area contributed by atoms with Gasteiger partial charge >= 0.3 is 0 Å². The molecule has 0 bridgehead atoms. The maximum absolute atomic E-state index is 12.8. The normalized spacial score (nSPS) is 19.9. The zero-order chi connectivity index (χ0) is 16.6. The topological polar surface area (TPSA) is 64.4 Å². The lowest BCUT2D eigenvalue weighted by Crippen LogP contribution is -2.42. The minimum Gasteiger partial charge on any atom is -0.371 e. The van der Waals surface area contributed by atoms with E-state index in [1.165, 1.54) is 10.5 Å². The van der Waals surface area contributed by atoms with Crippen LogP contribution in [0.25, 0.3) is 0 Å². The van der Waals surface area contributed by atoms with E-state index in [-0.39, 0.29) is 17.7 Å². The van der Waals surface area contributed by atoms with Gasteiger partial charge in [-0.3, -0.25) is 0 Å². The number of nitrogens with zero attached hydrogens (tertiary/aromatic N) is 3. The highest BCUT2D eigenvalue weighted by molar-refractivity contribution is 7.89. The summed E-state index contributed by atoms with van der Waals surface area (Å²) in [6, 6.07) is 7.26. The van der Waals surface area contributed by atoms with E-state index in [0.29, 0.717) is 24.0 Å². The summed E-state index contributed by atoms with van der Waals surface area (Å²) < 4.78 is 34.4. The highest BCUT2D eigenvalue weighted by Crippen LogP contribution is 2.27. The standard InChI is InChI=1S/C15H18ClN3O3S/c1-11-17-15(10-18(11)2)23(20,21)19-7-8-22-14(9-19)12-3-5-13(16)6-4-12/h3-6,10,14H,7-9H2,1-2H3/t14-/m0/s1. The molecule has 1 fully saturated rings. The highest BCUT2D eigenvalue weighted by atomic mass is 35.5. The van der Waals surface area contributed by atoms with Crippen LogP contribution < -0.4 is 0 Å². The Morgan fingerprint density at radius 3 is 2.61 bits per heavy atom. The van der Waals surface area contributed by atoms with Crippen LogP contribution in [0.3, 0.4) is 0 Å². The van der Waals surface area contributed by atoms with Crippen LogP contribution in [0.1, 0.15) is 17.5 Å². The maximum Gasteiger partial charge on any atom is 0.262 e. The first kappa shape index (κ1) is 16.4. The molecule has 0 unspecified atom stereocenters. The number of aromatic nitrogens is 2. The number of morpholine rings is 1. The Morgan fingerprint density at radius 2 is 2.00 bits per heavy atom.